The zero-order valence-electron chi connectivity index (χ0n) is 26.0. The molecule has 1 fully saturated rings. The van der Waals surface area contributed by atoms with Crippen LogP contribution < -0.4 is 9.64 Å². The van der Waals surface area contributed by atoms with Gasteiger partial charge in [0.2, 0.25) is 11.8 Å². The van der Waals surface area contributed by atoms with Crippen LogP contribution in [0.4, 0.5) is 5.88 Å². The first kappa shape index (κ1) is 29.7. The van der Waals surface area contributed by atoms with E-state index in [0.29, 0.717) is 31.3 Å². The molecule has 222 valence electrons. The van der Waals surface area contributed by atoms with Gasteiger partial charge < -0.3 is 23.9 Å². The Morgan fingerprint density at radius 3 is 2.10 bits per heavy atom. The Morgan fingerprint density at radius 1 is 0.857 bits per heavy atom. The summed E-state index contributed by atoms with van der Waals surface area (Å²) in [6, 6.07) is 22.8. The molecule has 1 aliphatic heterocycles. The van der Waals surface area contributed by atoms with Gasteiger partial charge in [-0.1, -0.05) is 96.1 Å². The first-order valence-corrected chi connectivity index (χ1v) is 14.8. The molecule has 0 amide bonds. The van der Waals surface area contributed by atoms with Gasteiger partial charge in [-0.3, -0.25) is 0 Å². The third kappa shape index (κ3) is 6.34. The van der Waals surface area contributed by atoms with E-state index in [1.807, 2.05) is 18.2 Å². The predicted octanol–water partition coefficient (Wildman–Crippen LogP) is 7.59. The molecule has 0 saturated carbocycles. The van der Waals surface area contributed by atoms with Crippen molar-refractivity contribution in [2.45, 2.75) is 64.7 Å². The first-order chi connectivity index (χ1) is 20.0. The van der Waals surface area contributed by atoms with Crippen LogP contribution in [-0.4, -0.2) is 43.5 Å². The van der Waals surface area contributed by atoms with Crippen molar-refractivity contribution >= 4 is 5.88 Å². The lowest BCUT2D eigenvalue weighted by Gasteiger charge is -2.29. The summed E-state index contributed by atoms with van der Waals surface area (Å²) in [7, 11) is 1.68. The Hall–Kier alpha value is -3.77. The monoisotopic (exact) mass is 568 g/mol. The Balaban J connectivity index is 1.74. The van der Waals surface area contributed by atoms with Crippen LogP contribution in [0, 0.1) is 0 Å². The van der Waals surface area contributed by atoms with E-state index in [4.69, 9.17) is 18.9 Å². The first-order valence-electron chi connectivity index (χ1n) is 14.8. The normalized spacial score (nSPS) is 15.1. The second-order valence-electron chi connectivity index (χ2n) is 13.2. The number of benzene rings is 3. The number of phenolic OH excluding ortho intramolecular Hbond substituents is 1. The SMILES string of the molecule is COc1cccc(C(c2cc(C(C)(C)C)c(O)c(C(C)(C)C)c2)c2nc(Cc3ccccc3)c(N3CCOCC3)o2)c1. The van der Waals surface area contributed by atoms with Gasteiger partial charge in [0.25, 0.3) is 0 Å². The maximum Gasteiger partial charge on any atom is 0.220 e. The smallest absolute Gasteiger partial charge is 0.220 e. The Labute approximate surface area is 250 Å². The zero-order valence-corrected chi connectivity index (χ0v) is 26.0. The summed E-state index contributed by atoms with van der Waals surface area (Å²) in [5, 5.41) is 11.5. The number of hydrogen-bond donors (Lipinski definition) is 1. The number of methoxy groups -OCH3 is 1. The molecule has 0 spiro atoms. The molecule has 1 unspecified atom stereocenters. The quantitative estimate of drug-likeness (QED) is 0.248. The van der Waals surface area contributed by atoms with Gasteiger partial charge in [0.1, 0.15) is 17.2 Å². The van der Waals surface area contributed by atoms with E-state index in [2.05, 4.69) is 95.0 Å². The van der Waals surface area contributed by atoms with Crippen LogP contribution in [0.25, 0.3) is 0 Å². The molecule has 6 heteroatoms. The maximum absolute atomic E-state index is 11.5. The van der Waals surface area contributed by atoms with Crippen molar-refractivity contribution in [3.05, 3.63) is 106 Å². The zero-order chi connectivity index (χ0) is 30.1. The number of hydrogen-bond acceptors (Lipinski definition) is 6. The number of oxazole rings is 1. The van der Waals surface area contributed by atoms with Gasteiger partial charge in [0.15, 0.2) is 0 Å². The number of aromatic hydroxyl groups is 1. The lowest BCUT2D eigenvalue weighted by Crippen LogP contribution is -2.36. The van der Waals surface area contributed by atoms with Crippen LogP contribution in [0.1, 0.15) is 86.9 Å². The van der Waals surface area contributed by atoms with Crippen molar-refractivity contribution in [1.29, 1.82) is 0 Å². The van der Waals surface area contributed by atoms with Crippen molar-refractivity contribution in [1.82, 2.24) is 4.98 Å². The summed E-state index contributed by atoms with van der Waals surface area (Å²) in [4.78, 5) is 7.49. The molecule has 6 nitrogen and oxygen atoms in total. The summed E-state index contributed by atoms with van der Waals surface area (Å²) < 4.78 is 18.1. The lowest BCUT2D eigenvalue weighted by atomic mass is 9.76. The number of aromatic nitrogens is 1. The van der Waals surface area contributed by atoms with E-state index in [1.54, 1.807) is 7.11 Å². The van der Waals surface area contributed by atoms with Crippen LogP contribution in [0.15, 0.2) is 71.1 Å². The second-order valence-corrected chi connectivity index (χ2v) is 13.2. The minimum Gasteiger partial charge on any atom is -0.507 e. The van der Waals surface area contributed by atoms with E-state index in [1.165, 1.54) is 5.56 Å². The van der Waals surface area contributed by atoms with Gasteiger partial charge in [-0.2, -0.15) is 0 Å². The number of nitrogens with zero attached hydrogens (tertiary/aromatic N) is 2. The van der Waals surface area contributed by atoms with Crippen LogP contribution in [0.2, 0.25) is 0 Å². The van der Waals surface area contributed by atoms with Crippen LogP contribution in [0.3, 0.4) is 0 Å². The molecule has 1 saturated heterocycles. The molecule has 42 heavy (non-hydrogen) atoms. The molecule has 3 aromatic carbocycles. The molecule has 5 rings (SSSR count). The maximum atomic E-state index is 11.5. The van der Waals surface area contributed by atoms with E-state index in [9.17, 15) is 5.11 Å². The van der Waals surface area contributed by atoms with Gasteiger partial charge in [0, 0.05) is 19.5 Å². The third-order valence-electron chi connectivity index (χ3n) is 7.96. The van der Waals surface area contributed by atoms with Gasteiger partial charge in [0.05, 0.1) is 26.2 Å². The molecular formula is C36H44N2O4. The summed E-state index contributed by atoms with van der Waals surface area (Å²) >= 11 is 0. The largest absolute Gasteiger partial charge is 0.507 e. The average Bonchev–Trinajstić information content (AvgIpc) is 3.36. The van der Waals surface area contributed by atoms with Crippen LogP contribution in [-0.2, 0) is 22.0 Å². The van der Waals surface area contributed by atoms with Crippen LogP contribution >= 0.6 is 0 Å². The molecular weight excluding hydrogens is 524 g/mol. The highest BCUT2D eigenvalue weighted by molar-refractivity contribution is 5.54. The highest BCUT2D eigenvalue weighted by atomic mass is 16.5. The average molecular weight is 569 g/mol. The fourth-order valence-electron chi connectivity index (χ4n) is 5.67. The highest BCUT2D eigenvalue weighted by Gasteiger charge is 2.32. The van der Waals surface area contributed by atoms with Crippen molar-refractivity contribution in [2.75, 3.05) is 38.3 Å². The Morgan fingerprint density at radius 2 is 1.50 bits per heavy atom. The molecule has 2 heterocycles. The molecule has 1 aliphatic rings. The van der Waals surface area contributed by atoms with Gasteiger partial charge in [-0.05, 0) is 50.8 Å². The molecule has 1 atom stereocenters. The summed E-state index contributed by atoms with van der Waals surface area (Å²) in [6.07, 6.45) is 0.665. The van der Waals surface area contributed by atoms with Gasteiger partial charge >= 0.3 is 0 Å². The minimum absolute atomic E-state index is 0.271. The topological polar surface area (TPSA) is 68.0 Å². The summed E-state index contributed by atoms with van der Waals surface area (Å²) in [5.41, 5.74) is 5.40. The lowest BCUT2D eigenvalue weighted by molar-refractivity contribution is 0.120. The van der Waals surface area contributed by atoms with Crippen molar-refractivity contribution < 1.29 is 19.0 Å². The number of rotatable bonds is 7. The number of anilines is 1. The molecule has 4 aromatic rings. The van der Waals surface area contributed by atoms with E-state index >= 15 is 0 Å². The molecule has 0 aliphatic carbocycles. The van der Waals surface area contributed by atoms with Crippen molar-refractivity contribution in [3.63, 3.8) is 0 Å². The molecule has 1 N–H and O–H groups in total. The van der Waals surface area contributed by atoms with Gasteiger partial charge in [-0.15, -0.1) is 0 Å². The van der Waals surface area contributed by atoms with E-state index in [0.717, 1.165) is 52.7 Å². The van der Waals surface area contributed by atoms with E-state index in [-0.39, 0.29) is 16.7 Å². The minimum atomic E-state index is -0.313. The Bertz CT molecular complexity index is 1470. The number of morpholine rings is 1. The molecule has 1 aromatic heterocycles. The van der Waals surface area contributed by atoms with Crippen LogP contribution in [0.5, 0.6) is 11.5 Å². The van der Waals surface area contributed by atoms with Crippen molar-refractivity contribution in [3.8, 4) is 11.5 Å². The molecule has 0 radical (unpaired) electrons. The fourth-order valence-corrected chi connectivity index (χ4v) is 5.67. The standard InChI is InChI=1S/C36H44N2O4/c1-35(2,3)28-22-26(23-29(32(28)39)36(4,5)6)31(25-14-11-15-27(21-25)40-7)33-37-30(20-24-12-9-8-10-13-24)34(42-33)38-16-18-41-19-17-38/h8-15,21-23,31,39H,16-20H2,1-7H3. The second kappa shape index (κ2) is 11.8. The predicted molar refractivity (Wildman–Crippen MR) is 168 cm³/mol. The van der Waals surface area contributed by atoms with Gasteiger partial charge in [-0.25, -0.2) is 4.98 Å². The summed E-state index contributed by atoms with van der Waals surface area (Å²) in [6.45, 7) is 15.6. The van der Waals surface area contributed by atoms with E-state index < -0.39 is 0 Å². The van der Waals surface area contributed by atoms with Crippen molar-refractivity contribution in [2.24, 2.45) is 0 Å². The third-order valence-corrected chi connectivity index (χ3v) is 7.96. The Kier molecular flexibility index (Phi) is 8.38. The molecule has 0 bridgehead atoms. The number of phenols is 1. The highest BCUT2D eigenvalue weighted by Crippen LogP contribution is 2.44. The fraction of sp³-hybridized carbons (Fsp3) is 0.417. The number of ether oxygens (including phenoxy) is 2. The summed E-state index contributed by atoms with van der Waals surface area (Å²) in [5.74, 6) is 2.24.